The van der Waals surface area contributed by atoms with Gasteiger partial charge in [0.2, 0.25) is 0 Å². The molecule has 32 heavy (non-hydrogen) atoms. The van der Waals surface area contributed by atoms with Gasteiger partial charge in [-0.1, -0.05) is 29.4 Å². The third-order valence-corrected chi connectivity index (χ3v) is 8.03. The Morgan fingerprint density at radius 3 is 2.62 bits per heavy atom. The Kier molecular flexibility index (Phi) is 5.23. The molecule has 0 bridgehead atoms. The van der Waals surface area contributed by atoms with Gasteiger partial charge in [0.05, 0.1) is 17.3 Å². The monoisotopic (exact) mass is 470 g/mol. The maximum atomic E-state index is 12.3. The van der Waals surface area contributed by atoms with E-state index in [4.69, 9.17) is 28.8 Å². The van der Waals surface area contributed by atoms with Crippen LogP contribution in [0.15, 0.2) is 51.4 Å². The van der Waals surface area contributed by atoms with Crippen molar-refractivity contribution in [3.63, 3.8) is 0 Å². The third-order valence-electron chi connectivity index (χ3n) is 6.46. The van der Waals surface area contributed by atoms with Crippen LogP contribution in [0.3, 0.4) is 0 Å². The molecule has 0 radical (unpaired) electrons. The van der Waals surface area contributed by atoms with E-state index in [0.29, 0.717) is 22.4 Å². The summed E-state index contributed by atoms with van der Waals surface area (Å²) in [6.07, 6.45) is 5.03. The molecule has 1 saturated heterocycles. The largest absolute Gasteiger partial charge is 0.382 e. The highest BCUT2D eigenvalue weighted by atomic mass is 35.5. The van der Waals surface area contributed by atoms with Gasteiger partial charge in [0, 0.05) is 47.9 Å². The predicted octanol–water partition coefficient (Wildman–Crippen LogP) is 2.30. The molecule has 9 nitrogen and oxygen atoms in total. The van der Waals surface area contributed by atoms with Gasteiger partial charge in [0.15, 0.2) is 5.82 Å². The van der Waals surface area contributed by atoms with Crippen molar-refractivity contribution in [3.8, 4) is 0 Å². The minimum absolute atomic E-state index is 0.0139. The molecule has 3 aromatic rings. The number of nitrogens with two attached hydrogens (primary N) is 3. The van der Waals surface area contributed by atoms with Crippen molar-refractivity contribution in [2.75, 3.05) is 29.5 Å². The predicted molar refractivity (Wildman–Crippen MR) is 126 cm³/mol. The number of nitrogen functional groups attached to an aromatic ring is 2. The zero-order valence-corrected chi connectivity index (χ0v) is 18.8. The van der Waals surface area contributed by atoms with Gasteiger partial charge in [0.1, 0.15) is 16.7 Å². The molecule has 1 unspecified atom stereocenters. The second-order valence-electron chi connectivity index (χ2n) is 8.23. The molecule has 11 heteroatoms. The lowest BCUT2D eigenvalue weighted by molar-refractivity contribution is 0.173. The van der Waals surface area contributed by atoms with Crippen molar-refractivity contribution in [1.29, 1.82) is 0 Å². The SMILES string of the molecule is Nc1nc(N2CCC3(CC2)Cn2c(cccc2=O)C3N)cnc1Sc1ccnc(N)c1Cl. The minimum atomic E-state index is -0.147. The van der Waals surface area contributed by atoms with E-state index in [9.17, 15) is 4.79 Å². The normalized spacial score (nSPS) is 19.3. The number of aromatic nitrogens is 4. The third kappa shape index (κ3) is 3.48. The summed E-state index contributed by atoms with van der Waals surface area (Å²) < 4.78 is 1.82. The molecule has 0 aromatic carbocycles. The van der Waals surface area contributed by atoms with E-state index in [2.05, 4.69) is 19.9 Å². The Labute approximate surface area is 194 Å². The maximum Gasteiger partial charge on any atom is 0.250 e. The first kappa shape index (κ1) is 21.0. The van der Waals surface area contributed by atoms with Crippen molar-refractivity contribution in [3.05, 3.63) is 57.7 Å². The molecule has 1 atom stereocenters. The highest BCUT2D eigenvalue weighted by Gasteiger charge is 2.46. The second kappa shape index (κ2) is 7.95. The van der Waals surface area contributed by atoms with Gasteiger partial charge in [0.25, 0.3) is 5.56 Å². The van der Waals surface area contributed by atoms with Crippen LogP contribution >= 0.6 is 23.4 Å². The summed E-state index contributed by atoms with van der Waals surface area (Å²) in [5, 5.41) is 0.930. The number of rotatable bonds is 3. The van der Waals surface area contributed by atoms with Gasteiger partial charge in [-0.25, -0.2) is 15.0 Å². The van der Waals surface area contributed by atoms with Gasteiger partial charge < -0.3 is 26.7 Å². The summed E-state index contributed by atoms with van der Waals surface area (Å²) in [4.78, 5) is 28.2. The van der Waals surface area contributed by atoms with Gasteiger partial charge >= 0.3 is 0 Å². The van der Waals surface area contributed by atoms with Crippen LogP contribution in [0.1, 0.15) is 24.6 Å². The topological polar surface area (TPSA) is 142 Å². The van der Waals surface area contributed by atoms with Crippen LogP contribution in [0.5, 0.6) is 0 Å². The Morgan fingerprint density at radius 2 is 1.91 bits per heavy atom. The standard InChI is InChI=1S/C21H23ClN8OS/c22-16-13(4-7-26-18(16)24)32-20-19(25)28-14(10-27-20)29-8-5-21(6-9-29)11-30-12(17(21)23)2-1-3-15(30)31/h1-4,7,10,17H,5-6,8-9,11,23H2,(H2,24,26)(H2,25,28). The number of anilines is 3. The van der Waals surface area contributed by atoms with Crippen LogP contribution in [0, 0.1) is 5.41 Å². The molecule has 6 N–H and O–H groups in total. The van der Waals surface area contributed by atoms with E-state index in [0.717, 1.165) is 42.3 Å². The first-order chi connectivity index (χ1) is 15.4. The number of nitrogens with zero attached hydrogens (tertiary/aromatic N) is 5. The van der Waals surface area contributed by atoms with Gasteiger partial charge in [-0.05, 0) is 25.0 Å². The lowest BCUT2D eigenvalue weighted by Gasteiger charge is -2.41. The fraction of sp³-hybridized carbons (Fsp3) is 0.333. The molecule has 5 rings (SSSR count). The van der Waals surface area contributed by atoms with E-state index < -0.39 is 0 Å². The smallest absolute Gasteiger partial charge is 0.250 e. The van der Waals surface area contributed by atoms with Crippen molar-refractivity contribution in [2.45, 2.75) is 35.3 Å². The second-order valence-corrected chi connectivity index (χ2v) is 9.64. The number of halogens is 1. The highest BCUT2D eigenvalue weighted by Crippen LogP contribution is 2.47. The van der Waals surface area contributed by atoms with Gasteiger partial charge in [-0.2, -0.15) is 0 Å². The van der Waals surface area contributed by atoms with Crippen LogP contribution < -0.4 is 27.7 Å². The molecule has 166 valence electrons. The molecule has 0 aliphatic carbocycles. The number of piperidine rings is 1. The molecular weight excluding hydrogens is 448 g/mol. The zero-order valence-electron chi connectivity index (χ0n) is 17.2. The first-order valence-corrected chi connectivity index (χ1v) is 11.5. The zero-order chi connectivity index (χ0) is 22.5. The van der Waals surface area contributed by atoms with E-state index >= 15 is 0 Å². The summed E-state index contributed by atoms with van der Waals surface area (Å²) in [6, 6.07) is 6.95. The average molecular weight is 471 g/mol. The Hall–Kier alpha value is -2.82. The van der Waals surface area contributed by atoms with Crippen molar-refractivity contribution in [1.82, 2.24) is 19.5 Å². The number of fused-ring (bicyclic) bond motifs is 1. The Morgan fingerprint density at radius 1 is 1.12 bits per heavy atom. The number of hydrogen-bond donors (Lipinski definition) is 3. The lowest BCUT2D eigenvalue weighted by atomic mass is 9.73. The van der Waals surface area contributed by atoms with Crippen LogP contribution in [0.4, 0.5) is 17.5 Å². The van der Waals surface area contributed by atoms with Gasteiger partial charge in [-0.15, -0.1) is 0 Å². The highest BCUT2D eigenvalue weighted by molar-refractivity contribution is 7.99. The van der Waals surface area contributed by atoms with Crippen molar-refractivity contribution < 1.29 is 0 Å². The average Bonchev–Trinajstić information content (AvgIpc) is 3.06. The van der Waals surface area contributed by atoms with E-state index in [-0.39, 0.29) is 22.8 Å². The molecule has 3 aromatic heterocycles. The van der Waals surface area contributed by atoms with Crippen LogP contribution in [0.2, 0.25) is 5.02 Å². The fourth-order valence-corrected chi connectivity index (χ4v) is 5.61. The van der Waals surface area contributed by atoms with Crippen molar-refractivity contribution in [2.24, 2.45) is 11.1 Å². The molecule has 1 spiro atoms. The van der Waals surface area contributed by atoms with E-state index in [1.54, 1.807) is 30.6 Å². The quantitative estimate of drug-likeness (QED) is 0.525. The summed E-state index contributed by atoms with van der Waals surface area (Å²) in [7, 11) is 0. The minimum Gasteiger partial charge on any atom is -0.382 e. The first-order valence-electron chi connectivity index (χ1n) is 10.3. The van der Waals surface area contributed by atoms with Crippen molar-refractivity contribution >= 4 is 40.8 Å². The molecule has 2 aliphatic rings. The van der Waals surface area contributed by atoms with Crippen LogP contribution in [-0.2, 0) is 6.54 Å². The Balaban J connectivity index is 1.30. The summed E-state index contributed by atoms with van der Waals surface area (Å²) >= 11 is 7.53. The Bertz CT molecular complexity index is 1240. The molecule has 5 heterocycles. The summed E-state index contributed by atoms with van der Waals surface area (Å²) in [5.74, 6) is 1.32. The number of pyridine rings is 2. The lowest BCUT2D eigenvalue weighted by Crippen LogP contribution is -2.45. The maximum absolute atomic E-state index is 12.3. The van der Waals surface area contributed by atoms with Crippen LogP contribution in [0.25, 0.3) is 0 Å². The molecule has 0 amide bonds. The van der Waals surface area contributed by atoms with E-state index in [1.807, 2.05) is 10.6 Å². The molecular formula is C21H23ClN8OS. The summed E-state index contributed by atoms with van der Waals surface area (Å²) in [5.41, 5.74) is 19.4. The molecule has 0 saturated carbocycles. The van der Waals surface area contributed by atoms with E-state index in [1.165, 1.54) is 11.8 Å². The molecule has 1 fully saturated rings. The summed E-state index contributed by atoms with van der Waals surface area (Å²) in [6.45, 7) is 2.20. The van der Waals surface area contributed by atoms with Gasteiger partial charge in [-0.3, -0.25) is 4.79 Å². The molecule has 2 aliphatic heterocycles. The fourth-order valence-electron chi connectivity index (χ4n) is 4.59. The van der Waals surface area contributed by atoms with Crippen LogP contribution in [-0.4, -0.2) is 32.6 Å². The number of hydrogen-bond acceptors (Lipinski definition) is 9.